The number of halogens is 1. The third-order valence-electron chi connectivity index (χ3n) is 3.78. The molecule has 0 unspecified atom stereocenters. The van der Waals surface area contributed by atoms with E-state index in [0.29, 0.717) is 32.4 Å². The Balaban J connectivity index is 1.76. The molecule has 1 saturated heterocycles. The molecule has 3 rings (SSSR count). The van der Waals surface area contributed by atoms with E-state index in [-0.39, 0.29) is 5.91 Å². The van der Waals surface area contributed by atoms with Gasteiger partial charge in [0.2, 0.25) is 0 Å². The minimum atomic E-state index is -0.0953. The Labute approximate surface area is 166 Å². The van der Waals surface area contributed by atoms with Crippen LogP contribution >= 0.6 is 35.6 Å². The van der Waals surface area contributed by atoms with E-state index >= 15 is 0 Å². The molecule has 1 aliphatic heterocycles. The van der Waals surface area contributed by atoms with E-state index in [0.717, 1.165) is 11.1 Å². The molecule has 4 nitrogen and oxygen atoms in total. The maximum absolute atomic E-state index is 12.1. The molecule has 0 aliphatic carbocycles. The Bertz CT molecular complexity index is 881. The van der Waals surface area contributed by atoms with Crippen LogP contribution in [-0.2, 0) is 11.4 Å². The van der Waals surface area contributed by atoms with Crippen LogP contribution in [0.15, 0.2) is 47.4 Å². The van der Waals surface area contributed by atoms with Gasteiger partial charge >= 0.3 is 0 Å². The molecule has 134 valence electrons. The number of thiocarbonyl (C=S) groups is 1. The lowest BCUT2D eigenvalue weighted by Crippen LogP contribution is -2.22. The van der Waals surface area contributed by atoms with Gasteiger partial charge in [-0.15, -0.1) is 0 Å². The van der Waals surface area contributed by atoms with Crippen molar-refractivity contribution in [3.8, 4) is 11.5 Å². The smallest absolute Gasteiger partial charge is 0.265 e. The lowest BCUT2D eigenvalue weighted by molar-refractivity contribution is -0.121. The Morgan fingerprint density at radius 2 is 1.92 bits per heavy atom. The zero-order chi connectivity index (χ0) is 18.7. The molecule has 2 aromatic rings. The van der Waals surface area contributed by atoms with E-state index < -0.39 is 0 Å². The van der Waals surface area contributed by atoms with E-state index in [1.807, 2.05) is 42.5 Å². The average Bonchev–Trinajstić information content (AvgIpc) is 2.88. The molecule has 0 radical (unpaired) electrons. The molecule has 1 amide bonds. The first-order valence-electron chi connectivity index (χ1n) is 7.75. The van der Waals surface area contributed by atoms with Crippen molar-refractivity contribution in [1.29, 1.82) is 0 Å². The number of carbonyl (C=O) groups excluding carboxylic acids is 1. The van der Waals surface area contributed by atoms with Crippen LogP contribution in [-0.4, -0.2) is 29.3 Å². The van der Waals surface area contributed by atoms with Gasteiger partial charge in [-0.1, -0.05) is 53.8 Å². The fraction of sp³-hybridized carbons (Fsp3) is 0.158. The molecule has 0 aromatic heterocycles. The summed E-state index contributed by atoms with van der Waals surface area (Å²) in [7, 11) is 3.26. The van der Waals surface area contributed by atoms with Crippen LogP contribution in [0.3, 0.4) is 0 Å². The van der Waals surface area contributed by atoms with Crippen LogP contribution in [0.5, 0.6) is 11.5 Å². The summed E-state index contributed by atoms with van der Waals surface area (Å²) in [5.41, 5.74) is 1.85. The molecule has 0 bridgehead atoms. The van der Waals surface area contributed by atoms with Crippen molar-refractivity contribution in [3.63, 3.8) is 0 Å². The largest absolute Gasteiger partial charge is 0.493 e. The van der Waals surface area contributed by atoms with Gasteiger partial charge in [-0.05, 0) is 41.5 Å². The summed E-state index contributed by atoms with van der Waals surface area (Å²) in [6.45, 7) is 0.404. The molecule has 0 spiro atoms. The summed E-state index contributed by atoms with van der Waals surface area (Å²) in [5.74, 6) is 1.13. The molecule has 1 fully saturated rings. The van der Waals surface area contributed by atoms with Crippen LogP contribution < -0.4 is 9.47 Å². The Hall–Kier alpha value is -2.02. The van der Waals surface area contributed by atoms with Gasteiger partial charge in [0.25, 0.3) is 5.91 Å². The number of likely N-dealkylation sites (N-methyl/N-ethyl adjacent to an activating group) is 1. The number of carbonyl (C=O) groups is 1. The summed E-state index contributed by atoms with van der Waals surface area (Å²) >= 11 is 12.3. The highest BCUT2D eigenvalue weighted by molar-refractivity contribution is 8.26. The molecule has 7 heteroatoms. The van der Waals surface area contributed by atoms with Crippen molar-refractivity contribution in [2.75, 3.05) is 14.2 Å². The van der Waals surface area contributed by atoms with E-state index in [9.17, 15) is 4.79 Å². The van der Waals surface area contributed by atoms with Gasteiger partial charge in [0.1, 0.15) is 10.9 Å². The van der Waals surface area contributed by atoms with E-state index in [1.54, 1.807) is 20.2 Å². The van der Waals surface area contributed by atoms with Crippen molar-refractivity contribution in [3.05, 3.63) is 63.5 Å². The van der Waals surface area contributed by atoms with Gasteiger partial charge in [-0.25, -0.2) is 0 Å². The number of hydrogen-bond donors (Lipinski definition) is 0. The first-order valence-corrected chi connectivity index (χ1v) is 9.35. The second kappa shape index (κ2) is 8.12. The van der Waals surface area contributed by atoms with Crippen LogP contribution in [0, 0.1) is 0 Å². The lowest BCUT2D eigenvalue weighted by Gasteiger charge is -2.11. The fourth-order valence-corrected chi connectivity index (χ4v) is 3.64. The maximum Gasteiger partial charge on any atom is 0.265 e. The zero-order valence-corrected chi connectivity index (χ0v) is 16.6. The SMILES string of the molecule is COc1cc(/C=C2\SC(=S)N(C)C2=O)ccc1OCc1ccc(Cl)cc1. The Morgan fingerprint density at radius 1 is 1.19 bits per heavy atom. The van der Waals surface area contributed by atoms with Crippen molar-refractivity contribution < 1.29 is 14.3 Å². The normalized spacial score (nSPS) is 15.7. The third kappa shape index (κ3) is 4.20. The second-order valence-electron chi connectivity index (χ2n) is 5.57. The van der Waals surface area contributed by atoms with Gasteiger partial charge in [-0.3, -0.25) is 9.69 Å². The molecule has 2 aromatic carbocycles. The Kier molecular flexibility index (Phi) is 5.86. The zero-order valence-electron chi connectivity index (χ0n) is 14.2. The molecule has 26 heavy (non-hydrogen) atoms. The van der Waals surface area contributed by atoms with E-state index in [4.69, 9.17) is 33.3 Å². The molecule has 0 atom stereocenters. The molecule has 0 N–H and O–H groups in total. The second-order valence-corrected chi connectivity index (χ2v) is 7.68. The first-order chi connectivity index (χ1) is 12.5. The highest BCUT2D eigenvalue weighted by Gasteiger charge is 2.28. The van der Waals surface area contributed by atoms with Crippen LogP contribution in [0.1, 0.15) is 11.1 Å². The molecule has 1 heterocycles. The van der Waals surface area contributed by atoms with Crippen molar-refractivity contribution >= 4 is 51.9 Å². The maximum atomic E-state index is 12.1. The van der Waals surface area contributed by atoms with Gasteiger partial charge in [0.05, 0.1) is 12.0 Å². The lowest BCUT2D eigenvalue weighted by atomic mass is 10.2. The van der Waals surface area contributed by atoms with E-state index in [2.05, 4.69) is 0 Å². The number of hydrogen-bond acceptors (Lipinski definition) is 5. The summed E-state index contributed by atoms with van der Waals surface area (Å²) in [5, 5.41) is 0.688. The standard InChI is InChI=1S/C19H16ClNO3S2/c1-21-18(22)17(26-19(21)25)10-13-5-8-15(16(9-13)23-2)24-11-12-3-6-14(20)7-4-12/h3-10H,11H2,1-2H3/b17-10-. The van der Waals surface area contributed by atoms with Gasteiger partial charge in [-0.2, -0.15) is 0 Å². The quantitative estimate of drug-likeness (QED) is 0.529. The number of benzene rings is 2. The van der Waals surface area contributed by atoms with Crippen molar-refractivity contribution in [2.24, 2.45) is 0 Å². The molecule has 0 saturated carbocycles. The topological polar surface area (TPSA) is 38.8 Å². The van der Waals surface area contributed by atoms with Crippen LogP contribution in [0.4, 0.5) is 0 Å². The fourth-order valence-electron chi connectivity index (χ4n) is 2.33. The number of thioether (sulfide) groups is 1. The summed E-state index contributed by atoms with van der Waals surface area (Å²) in [6.07, 6.45) is 1.80. The Morgan fingerprint density at radius 3 is 2.54 bits per heavy atom. The number of nitrogens with zero attached hydrogens (tertiary/aromatic N) is 1. The van der Waals surface area contributed by atoms with Gasteiger partial charge in [0, 0.05) is 12.1 Å². The summed E-state index contributed by atoms with van der Waals surface area (Å²) in [6, 6.07) is 13.0. The molecular formula is C19H16ClNO3S2. The van der Waals surface area contributed by atoms with Crippen molar-refractivity contribution in [1.82, 2.24) is 4.90 Å². The van der Waals surface area contributed by atoms with E-state index in [1.165, 1.54) is 16.7 Å². The average molecular weight is 406 g/mol. The third-order valence-corrected chi connectivity index (χ3v) is 5.52. The highest BCUT2D eigenvalue weighted by Crippen LogP contribution is 2.34. The predicted molar refractivity (Wildman–Crippen MR) is 110 cm³/mol. The summed E-state index contributed by atoms with van der Waals surface area (Å²) in [4.78, 5) is 14.2. The number of ether oxygens (including phenoxy) is 2. The minimum absolute atomic E-state index is 0.0953. The highest BCUT2D eigenvalue weighted by atomic mass is 35.5. The molecule has 1 aliphatic rings. The van der Waals surface area contributed by atoms with Crippen LogP contribution in [0.2, 0.25) is 5.02 Å². The van der Waals surface area contributed by atoms with Crippen LogP contribution in [0.25, 0.3) is 6.08 Å². The number of methoxy groups -OCH3 is 1. The van der Waals surface area contributed by atoms with Gasteiger partial charge in [0.15, 0.2) is 11.5 Å². The van der Waals surface area contributed by atoms with Crippen molar-refractivity contribution in [2.45, 2.75) is 6.61 Å². The van der Waals surface area contributed by atoms with Gasteiger partial charge < -0.3 is 9.47 Å². The monoisotopic (exact) mass is 405 g/mol. The first kappa shape index (κ1) is 18.8. The number of rotatable bonds is 5. The predicted octanol–water partition coefficient (Wildman–Crippen LogP) is 4.76. The number of amides is 1. The minimum Gasteiger partial charge on any atom is -0.493 e. The summed E-state index contributed by atoms with van der Waals surface area (Å²) < 4.78 is 11.8. The molecular weight excluding hydrogens is 390 g/mol.